The maximum Gasteiger partial charge on any atom is 0.0194 e. The van der Waals surface area contributed by atoms with Crippen LogP contribution in [0.25, 0.3) is 10.8 Å². The second kappa shape index (κ2) is 5.29. The van der Waals surface area contributed by atoms with Gasteiger partial charge >= 0.3 is 0 Å². The monoisotopic (exact) mass is 261 g/mol. The number of fused-ring (bicyclic) bond motifs is 1. The van der Waals surface area contributed by atoms with E-state index in [-0.39, 0.29) is 12.4 Å². The van der Waals surface area contributed by atoms with Crippen molar-refractivity contribution in [2.75, 3.05) is 6.54 Å². The first-order valence-corrected chi connectivity index (χ1v) is 6.49. The summed E-state index contributed by atoms with van der Waals surface area (Å²) in [5.41, 5.74) is 1.77. The summed E-state index contributed by atoms with van der Waals surface area (Å²) in [5, 5.41) is 6.41. The highest BCUT2D eigenvalue weighted by Gasteiger charge is 2.28. The lowest BCUT2D eigenvalue weighted by molar-refractivity contribution is 0.414. The zero-order valence-electron chi connectivity index (χ0n) is 10.8. The topological polar surface area (TPSA) is 12.0 Å². The molecule has 1 unspecified atom stereocenters. The predicted molar refractivity (Wildman–Crippen MR) is 80.5 cm³/mol. The van der Waals surface area contributed by atoms with Gasteiger partial charge in [-0.2, -0.15) is 0 Å². The average Bonchev–Trinajstić information content (AvgIpc) is 2.76. The third-order valence-electron chi connectivity index (χ3n) is 3.92. The lowest BCUT2D eigenvalue weighted by Gasteiger charge is -2.25. The SMILES string of the molecule is CC1(Cc2cccc3ccccc23)CCCN1.Cl. The van der Waals surface area contributed by atoms with Crippen LogP contribution in [0.3, 0.4) is 0 Å². The van der Waals surface area contributed by atoms with Gasteiger partial charge in [0.1, 0.15) is 0 Å². The van der Waals surface area contributed by atoms with Crippen LogP contribution >= 0.6 is 12.4 Å². The number of rotatable bonds is 2. The van der Waals surface area contributed by atoms with Gasteiger partial charge in [0.15, 0.2) is 0 Å². The molecule has 1 N–H and O–H groups in total. The van der Waals surface area contributed by atoms with Crippen LogP contribution in [0.1, 0.15) is 25.3 Å². The molecule has 18 heavy (non-hydrogen) atoms. The van der Waals surface area contributed by atoms with Gasteiger partial charge in [0.25, 0.3) is 0 Å². The Kier molecular flexibility index (Phi) is 3.94. The molecule has 0 saturated carbocycles. The molecule has 2 heteroatoms. The van der Waals surface area contributed by atoms with Crippen molar-refractivity contribution in [1.29, 1.82) is 0 Å². The summed E-state index contributed by atoms with van der Waals surface area (Å²) >= 11 is 0. The van der Waals surface area contributed by atoms with Crippen LogP contribution < -0.4 is 5.32 Å². The highest BCUT2D eigenvalue weighted by Crippen LogP contribution is 2.27. The van der Waals surface area contributed by atoms with Crippen LogP contribution in [0.2, 0.25) is 0 Å². The van der Waals surface area contributed by atoms with Gasteiger partial charge in [-0.15, -0.1) is 12.4 Å². The van der Waals surface area contributed by atoms with Crippen LogP contribution in [0.5, 0.6) is 0 Å². The minimum atomic E-state index is 0. The Labute approximate surface area is 115 Å². The molecule has 1 aliphatic heterocycles. The van der Waals surface area contributed by atoms with E-state index in [1.54, 1.807) is 0 Å². The van der Waals surface area contributed by atoms with Gasteiger partial charge < -0.3 is 5.32 Å². The normalized spacial score (nSPS) is 22.9. The Morgan fingerprint density at radius 2 is 1.89 bits per heavy atom. The highest BCUT2D eigenvalue weighted by atomic mass is 35.5. The van der Waals surface area contributed by atoms with Gasteiger partial charge in [0.2, 0.25) is 0 Å². The molecule has 0 radical (unpaired) electrons. The first-order valence-electron chi connectivity index (χ1n) is 6.49. The number of benzene rings is 2. The van der Waals surface area contributed by atoms with Crippen molar-refractivity contribution in [3.63, 3.8) is 0 Å². The van der Waals surface area contributed by atoms with E-state index < -0.39 is 0 Å². The lowest BCUT2D eigenvalue weighted by atomic mass is 9.89. The molecule has 1 atom stereocenters. The molecule has 96 valence electrons. The molecule has 1 fully saturated rings. The first kappa shape index (κ1) is 13.4. The molecule has 2 aromatic rings. The Morgan fingerprint density at radius 3 is 2.67 bits per heavy atom. The zero-order valence-corrected chi connectivity index (χ0v) is 11.6. The summed E-state index contributed by atoms with van der Waals surface area (Å²) in [5.74, 6) is 0. The number of halogens is 1. The van der Waals surface area contributed by atoms with Crippen molar-refractivity contribution in [1.82, 2.24) is 5.32 Å². The van der Waals surface area contributed by atoms with E-state index in [0.29, 0.717) is 5.54 Å². The van der Waals surface area contributed by atoms with E-state index >= 15 is 0 Å². The number of hydrogen-bond donors (Lipinski definition) is 1. The van der Waals surface area contributed by atoms with Gasteiger partial charge in [0.05, 0.1) is 0 Å². The average molecular weight is 262 g/mol. The fraction of sp³-hybridized carbons (Fsp3) is 0.375. The minimum Gasteiger partial charge on any atom is -0.311 e. The van der Waals surface area contributed by atoms with Crippen molar-refractivity contribution in [3.8, 4) is 0 Å². The predicted octanol–water partition coefficient (Wildman–Crippen LogP) is 3.95. The fourth-order valence-electron chi connectivity index (χ4n) is 2.97. The van der Waals surface area contributed by atoms with E-state index in [2.05, 4.69) is 54.7 Å². The summed E-state index contributed by atoms with van der Waals surface area (Å²) in [4.78, 5) is 0. The minimum absolute atomic E-state index is 0. The third-order valence-corrected chi connectivity index (χ3v) is 3.92. The summed E-state index contributed by atoms with van der Waals surface area (Å²) in [6, 6.07) is 15.3. The van der Waals surface area contributed by atoms with Crippen LogP contribution in [-0.2, 0) is 6.42 Å². The molecule has 0 aromatic heterocycles. The Bertz CT molecular complexity index is 524. The van der Waals surface area contributed by atoms with Gasteiger partial charge in [-0.05, 0) is 49.1 Å². The molecule has 2 aromatic carbocycles. The molecule has 0 spiro atoms. The number of nitrogens with one attached hydrogen (secondary N) is 1. The van der Waals surface area contributed by atoms with Gasteiger partial charge in [-0.1, -0.05) is 42.5 Å². The van der Waals surface area contributed by atoms with E-state index in [9.17, 15) is 0 Å². The summed E-state index contributed by atoms with van der Waals surface area (Å²) in [7, 11) is 0. The van der Waals surface area contributed by atoms with Crippen molar-refractivity contribution in [2.24, 2.45) is 0 Å². The maximum absolute atomic E-state index is 3.65. The second-order valence-electron chi connectivity index (χ2n) is 5.41. The third kappa shape index (κ3) is 2.52. The quantitative estimate of drug-likeness (QED) is 0.863. The van der Waals surface area contributed by atoms with E-state index in [0.717, 1.165) is 6.42 Å². The molecule has 1 aliphatic rings. The van der Waals surface area contributed by atoms with Gasteiger partial charge in [-0.25, -0.2) is 0 Å². The Morgan fingerprint density at radius 1 is 1.11 bits per heavy atom. The molecule has 0 amide bonds. The fourth-order valence-corrected chi connectivity index (χ4v) is 2.97. The first-order chi connectivity index (χ1) is 8.27. The summed E-state index contributed by atoms with van der Waals surface area (Å²) < 4.78 is 0. The zero-order chi connectivity index (χ0) is 11.7. The molecule has 0 aliphatic carbocycles. The Balaban J connectivity index is 0.00000120. The van der Waals surface area contributed by atoms with Crippen molar-refractivity contribution >= 4 is 23.2 Å². The molecule has 1 nitrogen and oxygen atoms in total. The largest absolute Gasteiger partial charge is 0.311 e. The lowest BCUT2D eigenvalue weighted by Crippen LogP contribution is -2.38. The molecule has 3 rings (SSSR count). The maximum atomic E-state index is 3.65. The van der Waals surface area contributed by atoms with Crippen molar-refractivity contribution in [3.05, 3.63) is 48.0 Å². The number of hydrogen-bond acceptors (Lipinski definition) is 1. The van der Waals surface area contributed by atoms with E-state index in [4.69, 9.17) is 0 Å². The standard InChI is InChI=1S/C16H19N.ClH/c1-16(10-5-11-17-16)12-14-8-4-7-13-6-2-3-9-15(13)14;/h2-4,6-9,17H,5,10-12H2,1H3;1H. The van der Waals surface area contributed by atoms with E-state index in [1.165, 1.54) is 35.7 Å². The summed E-state index contributed by atoms with van der Waals surface area (Å²) in [6.45, 7) is 3.52. The molecular weight excluding hydrogens is 242 g/mol. The molecule has 0 bridgehead atoms. The smallest absolute Gasteiger partial charge is 0.0194 e. The van der Waals surface area contributed by atoms with Crippen LogP contribution in [0, 0.1) is 0 Å². The van der Waals surface area contributed by atoms with Crippen LogP contribution in [0.15, 0.2) is 42.5 Å². The second-order valence-corrected chi connectivity index (χ2v) is 5.41. The van der Waals surface area contributed by atoms with Crippen molar-refractivity contribution in [2.45, 2.75) is 31.7 Å². The highest BCUT2D eigenvalue weighted by molar-refractivity contribution is 5.86. The summed E-state index contributed by atoms with van der Waals surface area (Å²) in [6.07, 6.45) is 3.73. The Hall–Kier alpha value is -1.05. The molecule has 1 saturated heterocycles. The molecule has 1 heterocycles. The van der Waals surface area contributed by atoms with Crippen molar-refractivity contribution < 1.29 is 0 Å². The molecular formula is C16H20ClN. The van der Waals surface area contributed by atoms with Crippen LogP contribution in [0.4, 0.5) is 0 Å². The van der Waals surface area contributed by atoms with Gasteiger partial charge in [0, 0.05) is 5.54 Å². The van der Waals surface area contributed by atoms with E-state index in [1.807, 2.05) is 0 Å². The van der Waals surface area contributed by atoms with Crippen LogP contribution in [-0.4, -0.2) is 12.1 Å². The van der Waals surface area contributed by atoms with Gasteiger partial charge in [-0.3, -0.25) is 0 Å².